The number of hydrogen-bond donors (Lipinski definition) is 1. The van der Waals surface area contributed by atoms with Crippen LogP contribution < -0.4 is 5.32 Å². The Kier molecular flexibility index (Phi) is 5.50. The van der Waals surface area contributed by atoms with E-state index < -0.39 is 0 Å². The maximum absolute atomic E-state index is 6.24. The molecule has 0 saturated carbocycles. The van der Waals surface area contributed by atoms with Crippen LogP contribution in [0.4, 0.5) is 0 Å². The van der Waals surface area contributed by atoms with Crippen molar-refractivity contribution in [3.8, 4) is 0 Å². The molecule has 0 spiro atoms. The smallest absolute Gasteiger partial charge is 0.0454 e. The molecule has 0 radical (unpaired) electrons. The Morgan fingerprint density at radius 2 is 1.60 bits per heavy atom. The van der Waals surface area contributed by atoms with E-state index in [0.29, 0.717) is 5.02 Å². The summed E-state index contributed by atoms with van der Waals surface area (Å²) in [5.74, 6) is 0. The molecule has 2 aromatic rings. The van der Waals surface area contributed by atoms with Gasteiger partial charge in [0.25, 0.3) is 0 Å². The Morgan fingerprint density at radius 1 is 0.950 bits per heavy atom. The highest BCUT2D eigenvalue weighted by molar-refractivity contribution is 9.10. The molecule has 1 nitrogen and oxygen atoms in total. The van der Waals surface area contributed by atoms with Crippen molar-refractivity contribution in [3.63, 3.8) is 0 Å². The van der Waals surface area contributed by atoms with Gasteiger partial charge in [0.1, 0.15) is 0 Å². The van der Waals surface area contributed by atoms with Crippen molar-refractivity contribution in [2.75, 3.05) is 0 Å². The van der Waals surface area contributed by atoms with Crippen LogP contribution in [0.1, 0.15) is 37.1 Å². The van der Waals surface area contributed by atoms with Gasteiger partial charge in [0.2, 0.25) is 0 Å². The van der Waals surface area contributed by atoms with Gasteiger partial charge in [-0.1, -0.05) is 51.3 Å². The number of rotatable bonds is 4. The molecule has 0 saturated heterocycles. The van der Waals surface area contributed by atoms with E-state index in [4.69, 9.17) is 23.2 Å². The molecule has 106 valence electrons. The van der Waals surface area contributed by atoms with Gasteiger partial charge in [-0.2, -0.15) is 0 Å². The van der Waals surface area contributed by atoms with Crippen molar-refractivity contribution < 1.29 is 0 Å². The molecule has 2 aromatic carbocycles. The summed E-state index contributed by atoms with van der Waals surface area (Å²) < 4.78 is 1.08. The summed E-state index contributed by atoms with van der Waals surface area (Å²) in [5, 5.41) is 4.98. The molecule has 0 amide bonds. The van der Waals surface area contributed by atoms with Crippen LogP contribution in [-0.2, 0) is 0 Å². The molecule has 0 heterocycles. The van der Waals surface area contributed by atoms with Crippen LogP contribution in [0.5, 0.6) is 0 Å². The van der Waals surface area contributed by atoms with Crippen molar-refractivity contribution in [3.05, 3.63) is 68.1 Å². The predicted molar refractivity (Wildman–Crippen MR) is 90.6 cm³/mol. The van der Waals surface area contributed by atoms with Crippen LogP contribution in [-0.4, -0.2) is 0 Å². The second-order valence-electron chi connectivity index (χ2n) is 4.83. The second-order valence-corrected chi connectivity index (χ2v) is 6.59. The van der Waals surface area contributed by atoms with Crippen LogP contribution in [0.25, 0.3) is 0 Å². The van der Waals surface area contributed by atoms with E-state index in [-0.39, 0.29) is 12.1 Å². The molecule has 1 N–H and O–H groups in total. The van der Waals surface area contributed by atoms with E-state index in [9.17, 15) is 0 Å². The fraction of sp³-hybridized carbons (Fsp3) is 0.250. The van der Waals surface area contributed by atoms with Gasteiger partial charge in [-0.15, -0.1) is 0 Å². The number of halogens is 3. The first-order valence-corrected chi connectivity index (χ1v) is 7.98. The summed E-state index contributed by atoms with van der Waals surface area (Å²) in [5.41, 5.74) is 2.25. The minimum absolute atomic E-state index is 0.125. The van der Waals surface area contributed by atoms with Crippen LogP contribution in [0, 0.1) is 0 Å². The number of nitrogens with one attached hydrogen (secondary N) is 1. The minimum atomic E-state index is 0.125. The highest BCUT2D eigenvalue weighted by Crippen LogP contribution is 2.28. The largest absolute Gasteiger partial charge is 0.304 e. The van der Waals surface area contributed by atoms with E-state index in [1.165, 1.54) is 5.56 Å². The Morgan fingerprint density at radius 3 is 2.25 bits per heavy atom. The number of benzene rings is 2. The van der Waals surface area contributed by atoms with Crippen LogP contribution >= 0.6 is 39.1 Å². The zero-order chi connectivity index (χ0) is 14.7. The SMILES string of the molecule is CC(N[C@@H](C)c1ccc(Br)cc1)c1cc(Cl)ccc1Cl. The first-order chi connectivity index (χ1) is 9.47. The molecule has 0 bridgehead atoms. The Bertz CT molecular complexity index is 584. The van der Waals surface area contributed by atoms with Gasteiger partial charge >= 0.3 is 0 Å². The van der Waals surface area contributed by atoms with Crippen molar-refractivity contribution >= 4 is 39.1 Å². The van der Waals surface area contributed by atoms with Gasteiger partial charge < -0.3 is 5.32 Å². The van der Waals surface area contributed by atoms with Crippen LogP contribution in [0.3, 0.4) is 0 Å². The maximum Gasteiger partial charge on any atom is 0.0454 e. The van der Waals surface area contributed by atoms with Gasteiger partial charge in [0.15, 0.2) is 0 Å². The Balaban J connectivity index is 2.12. The monoisotopic (exact) mass is 371 g/mol. The first-order valence-electron chi connectivity index (χ1n) is 6.44. The molecular formula is C16H16BrCl2N. The van der Waals surface area contributed by atoms with E-state index in [1.54, 1.807) is 6.07 Å². The lowest BCUT2D eigenvalue weighted by Crippen LogP contribution is -2.22. The lowest BCUT2D eigenvalue weighted by Gasteiger charge is -2.22. The fourth-order valence-corrected chi connectivity index (χ4v) is 2.88. The summed E-state index contributed by atoms with van der Waals surface area (Å²) >= 11 is 15.7. The molecular weight excluding hydrogens is 357 g/mol. The third-order valence-corrected chi connectivity index (χ3v) is 4.40. The molecule has 0 aliphatic rings. The molecule has 2 rings (SSSR count). The van der Waals surface area contributed by atoms with Gasteiger partial charge in [-0.05, 0) is 55.3 Å². The summed E-state index contributed by atoms with van der Waals surface area (Å²) in [4.78, 5) is 0. The standard InChI is InChI=1S/C16H16BrCl2N/c1-10(12-3-5-13(17)6-4-12)20-11(2)15-9-14(18)7-8-16(15)19/h3-11,20H,1-2H3/t10-,11?/m0/s1. The average molecular weight is 373 g/mol. The number of hydrogen-bond acceptors (Lipinski definition) is 1. The van der Waals surface area contributed by atoms with Gasteiger partial charge in [-0.25, -0.2) is 0 Å². The highest BCUT2D eigenvalue weighted by atomic mass is 79.9. The molecule has 0 aliphatic carbocycles. The third-order valence-electron chi connectivity index (χ3n) is 3.29. The van der Waals surface area contributed by atoms with E-state index in [1.807, 2.05) is 24.3 Å². The summed E-state index contributed by atoms with van der Waals surface area (Å²) in [6, 6.07) is 14.2. The van der Waals surface area contributed by atoms with Crippen LogP contribution in [0.2, 0.25) is 10.0 Å². The third kappa shape index (κ3) is 3.98. The maximum atomic E-state index is 6.24. The lowest BCUT2D eigenvalue weighted by molar-refractivity contribution is 0.495. The quantitative estimate of drug-likeness (QED) is 0.676. The Labute approximate surface area is 138 Å². The first kappa shape index (κ1) is 15.8. The highest BCUT2D eigenvalue weighted by Gasteiger charge is 2.14. The van der Waals surface area contributed by atoms with E-state index in [2.05, 4.69) is 47.2 Å². The Hall–Kier alpha value is -0.540. The van der Waals surface area contributed by atoms with Crippen molar-refractivity contribution in [2.24, 2.45) is 0 Å². The predicted octanol–water partition coefficient (Wildman–Crippen LogP) is 6.17. The summed E-state index contributed by atoms with van der Waals surface area (Å²) in [7, 11) is 0. The van der Waals surface area contributed by atoms with Gasteiger partial charge in [-0.3, -0.25) is 0 Å². The minimum Gasteiger partial charge on any atom is -0.304 e. The topological polar surface area (TPSA) is 12.0 Å². The van der Waals surface area contributed by atoms with Crippen molar-refractivity contribution in [2.45, 2.75) is 25.9 Å². The van der Waals surface area contributed by atoms with E-state index in [0.717, 1.165) is 15.1 Å². The average Bonchev–Trinajstić information content (AvgIpc) is 2.42. The van der Waals surface area contributed by atoms with Crippen LogP contribution in [0.15, 0.2) is 46.9 Å². The normalized spacial score (nSPS) is 14.1. The summed E-state index contributed by atoms with van der Waals surface area (Å²) in [6.07, 6.45) is 0. The molecule has 0 fully saturated rings. The zero-order valence-corrected chi connectivity index (χ0v) is 14.4. The molecule has 2 atom stereocenters. The van der Waals surface area contributed by atoms with Crippen molar-refractivity contribution in [1.82, 2.24) is 5.32 Å². The molecule has 4 heteroatoms. The van der Waals surface area contributed by atoms with Gasteiger partial charge in [0.05, 0.1) is 0 Å². The molecule has 0 aliphatic heterocycles. The zero-order valence-electron chi connectivity index (χ0n) is 11.3. The van der Waals surface area contributed by atoms with Gasteiger partial charge in [0, 0.05) is 26.6 Å². The fourth-order valence-electron chi connectivity index (χ4n) is 2.16. The molecule has 1 unspecified atom stereocenters. The lowest BCUT2D eigenvalue weighted by atomic mass is 10.0. The van der Waals surface area contributed by atoms with E-state index >= 15 is 0 Å². The van der Waals surface area contributed by atoms with Crippen molar-refractivity contribution in [1.29, 1.82) is 0 Å². The molecule has 20 heavy (non-hydrogen) atoms. The molecule has 0 aromatic heterocycles. The summed E-state index contributed by atoms with van der Waals surface area (Å²) in [6.45, 7) is 4.23. The second kappa shape index (κ2) is 6.95.